The van der Waals surface area contributed by atoms with Crippen LogP contribution in [0.5, 0.6) is 0 Å². The number of hydrogen-bond acceptors (Lipinski definition) is 6. The first kappa shape index (κ1) is 15.7. The van der Waals surface area contributed by atoms with Crippen molar-refractivity contribution >= 4 is 23.0 Å². The highest BCUT2D eigenvalue weighted by Gasteiger charge is 2.14. The maximum atomic E-state index is 4.44. The summed E-state index contributed by atoms with van der Waals surface area (Å²) >= 11 is 1.71. The minimum Gasteiger partial charge on any atom is -0.370 e. The van der Waals surface area contributed by atoms with Gasteiger partial charge in [0.25, 0.3) is 0 Å². The van der Waals surface area contributed by atoms with Gasteiger partial charge in [-0.05, 0) is 26.7 Å². The molecule has 0 spiro atoms. The van der Waals surface area contributed by atoms with Crippen LogP contribution >= 0.6 is 11.3 Å². The number of rotatable bonds is 7. The topological polar surface area (TPSA) is 62.7 Å². The van der Waals surface area contributed by atoms with Crippen LogP contribution < -0.4 is 10.6 Å². The van der Waals surface area contributed by atoms with Crippen molar-refractivity contribution < 1.29 is 0 Å². The zero-order valence-corrected chi connectivity index (χ0v) is 13.9. The third-order valence-electron chi connectivity index (χ3n) is 3.20. The van der Waals surface area contributed by atoms with Crippen molar-refractivity contribution in [3.8, 4) is 0 Å². The molecule has 6 heteroatoms. The van der Waals surface area contributed by atoms with Crippen molar-refractivity contribution in [2.75, 3.05) is 17.2 Å². The molecule has 2 aromatic heterocycles. The third kappa shape index (κ3) is 3.91. The molecule has 1 unspecified atom stereocenters. The second kappa shape index (κ2) is 7.36. The van der Waals surface area contributed by atoms with Crippen LogP contribution in [0.3, 0.4) is 0 Å². The van der Waals surface area contributed by atoms with Gasteiger partial charge in [-0.2, -0.15) is 0 Å². The van der Waals surface area contributed by atoms with Crippen LogP contribution in [0.25, 0.3) is 0 Å². The molecule has 0 aliphatic carbocycles. The first-order chi connectivity index (χ1) is 10.2. The highest BCUT2D eigenvalue weighted by molar-refractivity contribution is 7.11. The summed E-state index contributed by atoms with van der Waals surface area (Å²) in [4.78, 5) is 14.4. The maximum absolute atomic E-state index is 4.44. The lowest BCUT2D eigenvalue weighted by Crippen LogP contribution is -2.13. The van der Waals surface area contributed by atoms with E-state index in [1.165, 1.54) is 4.88 Å². The molecular weight excluding hydrogens is 282 g/mol. The number of nitrogens with zero attached hydrogens (tertiary/aromatic N) is 3. The van der Waals surface area contributed by atoms with Gasteiger partial charge in [-0.15, -0.1) is 11.3 Å². The SMILES string of the molecule is CCCNc1ncnc(NC(C)c2ncc(C)s2)c1CC. The summed E-state index contributed by atoms with van der Waals surface area (Å²) in [6, 6.07) is 0.142. The quantitative estimate of drug-likeness (QED) is 0.814. The fourth-order valence-corrected chi connectivity index (χ4v) is 2.88. The largest absolute Gasteiger partial charge is 0.370 e. The van der Waals surface area contributed by atoms with Crippen molar-refractivity contribution in [2.45, 2.75) is 46.6 Å². The van der Waals surface area contributed by atoms with Crippen molar-refractivity contribution in [2.24, 2.45) is 0 Å². The number of aryl methyl sites for hydroxylation is 1. The summed E-state index contributed by atoms with van der Waals surface area (Å²) in [5.41, 5.74) is 1.13. The average molecular weight is 305 g/mol. The number of aromatic nitrogens is 3. The summed E-state index contributed by atoms with van der Waals surface area (Å²) in [6.45, 7) is 9.37. The Bertz CT molecular complexity index is 581. The third-order valence-corrected chi connectivity index (χ3v) is 4.30. The lowest BCUT2D eigenvalue weighted by molar-refractivity contribution is 0.849. The number of anilines is 2. The van der Waals surface area contributed by atoms with Crippen molar-refractivity contribution in [3.05, 3.63) is 28.0 Å². The molecule has 5 nitrogen and oxygen atoms in total. The van der Waals surface area contributed by atoms with E-state index in [9.17, 15) is 0 Å². The van der Waals surface area contributed by atoms with Crippen LogP contribution in [-0.4, -0.2) is 21.5 Å². The van der Waals surface area contributed by atoms with Gasteiger partial charge in [-0.25, -0.2) is 15.0 Å². The molecule has 0 saturated heterocycles. The Kier molecular flexibility index (Phi) is 5.50. The zero-order valence-electron chi connectivity index (χ0n) is 13.1. The fourth-order valence-electron chi connectivity index (χ4n) is 2.11. The van der Waals surface area contributed by atoms with Gasteiger partial charge in [0, 0.05) is 23.2 Å². The minimum atomic E-state index is 0.142. The summed E-state index contributed by atoms with van der Waals surface area (Å²) in [5, 5.41) is 7.91. The van der Waals surface area contributed by atoms with Gasteiger partial charge in [0.2, 0.25) is 0 Å². The van der Waals surface area contributed by atoms with E-state index in [1.54, 1.807) is 17.7 Å². The minimum absolute atomic E-state index is 0.142. The van der Waals surface area contributed by atoms with Crippen LogP contribution in [0.2, 0.25) is 0 Å². The molecule has 0 amide bonds. The molecule has 0 radical (unpaired) electrons. The van der Waals surface area contributed by atoms with E-state index in [-0.39, 0.29) is 6.04 Å². The van der Waals surface area contributed by atoms with E-state index in [0.717, 1.165) is 41.6 Å². The molecule has 114 valence electrons. The van der Waals surface area contributed by atoms with Gasteiger partial charge in [0.1, 0.15) is 23.0 Å². The molecular formula is C15H23N5S. The van der Waals surface area contributed by atoms with Crippen LogP contribution in [0.1, 0.15) is 48.7 Å². The van der Waals surface area contributed by atoms with E-state index in [1.807, 2.05) is 6.20 Å². The van der Waals surface area contributed by atoms with Crippen molar-refractivity contribution in [1.29, 1.82) is 0 Å². The Morgan fingerprint density at radius 3 is 2.57 bits per heavy atom. The Balaban J connectivity index is 2.18. The van der Waals surface area contributed by atoms with E-state index in [0.29, 0.717) is 0 Å². The van der Waals surface area contributed by atoms with E-state index in [4.69, 9.17) is 0 Å². The zero-order chi connectivity index (χ0) is 15.2. The van der Waals surface area contributed by atoms with Gasteiger partial charge in [0.05, 0.1) is 6.04 Å². The molecule has 21 heavy (non-hydrogen) atoms. The average Bonchev–Trinajstić information content (AvgIpc) is 2.92. The van der Waals surface area contributed by atoms with Gasteiger partial charge in [-0.1, -0.05) is 13.8 Å². The molecule has 1 atom stereocenters. The Labute approximate surface area is 130 Å². The van der Waals surface area contributed by atoms with Crippen LogP contribution in [0, 0.1) is 6.92 Å². The second-order valence-corrected chi connectivity index (χ2v) is 6.27. The summed E-state index contributed by atoms with van der Waals surface area (Å²) in [7, 11) is 0. The predicted molar refractivity (Wildman–Crippen MR) is 89.1 cm³/mol. The summed E-state index contributed by atoms with van der Waals surface area (Å²) in [5.74, 6) is 1.82. The molecule has 2 rings (SSSR count). The maximum Gasteiger partial charge on any atom is 0.135 e. The first-order valence-electron chi connectivity index (χ1n) is 7.42. The number of thiazole rings is 1. The Morgan fingerprint density at radius 1 is 1.19 bits per heavy atom. The molecule has 0 aromatic carbocycles. The summed E-state index contributed by atoms with van der Waals surface area (Å²) < 4.78 is 0. The van der Waals surface area contributed by atoms with E-state index >= 15 is 0 Å². The van der Waals surface area contributed by atoms with Crippen molar-refractivity contribution in [1.82, 2.24) is 15.0 Å². The number of nitrogens with one attached hydrogen (secondary N) is 2. The van der Waals surface area contributed by atoms with Crippen LogP contribution in [-0.2, 0) is 6.42 Å². The van der Waals surface area contributed by atoms with Gasteiger partial charge < -0.3 is 10.6 Å². The Hall–Kier alpha value is -1.69. The van der Waals surface area contributed by atoms with Crippen LogP contribution in [0.15, 0.2) is 12.5 Å². The van der Waals surface area contributed by atoms with E-state index < -0.39 is 0 Å². The highest BCUT2D eigenvalue weighted by Crippen LogP contribution is 2.26. The lowest BCUT2D eigenvalue weighted by atomic mass is 10.2. The molecule has 0 bridgehead atoms. The van der Waals surface area contributed by atoms with Crippen LogP contribution in [0.4, 0.5) is 11.6 Å². The van der Waals surface area contributed by atoms with Crippen molar-refractivity contribution in [3.63, 3.8) is 0 Å². The first-order valence-corrected chi connectivity index (χ1v) is 8.23. The molecule has 2 N–H and O–H groups in total. The van der Waals surface area contributed by atoms with Gasteiger partial charge in [-0.3, -0.25) is 0 Å². The second-order valence-electron chi connectivity index (χ2n) is 5.00. The molecule has 0 fully saturated rings. The molecule has 0 aliphatic rings. The smallest absolute Gasteiger partial charge is 0.135 e. The molecule has 2 heterocycles. The summed E-state index contributed by atoms with van der Waals surface area (Å²) in [6.07, 6.45) is 5.48. The lowest BCUT2D eigenvalue weighted by Gasteiger charge is -2.17. The standard InChI is InChI=1S/C15H23N5S/c1-5-7-16-13-12(6-2)14(19-9-18-13)20-11(4)15-17-8-10(3)21-15/h8-9,11H,5-7H2,1-4H3,(H2,16,18,19,20). The van der Waals surface area contributed by atoms with Gasteiger partial charge >= 0.3 is 0 Å². The molecule has 2 aromatic rings. The monoisotopic (exact) mass is 305 g/mol. The normalized spacial score (nSPS) is 12.2. The molecule has 0 aliphatic heterocycles. The predicted octanol–water partition coefficient (Wildman–Crippen LogP) is 3.80. The fraction of sp³-hybridized carbons (Fsp3) is 0.533. The molecule has 0 saturated carbocycles. The number of hydrogen-bond donors (Lipinski definition) is 2. The van der Waals surface area contributed by atoms with E-state index in [2.05, 4.69) is 53.3 Å². The highest BCUT2D eigenvalue weighted by atomic mass is 32.1. The Morgan fingerprint density at radius 2 is 1.95 bits per heavy atom. The van der Waals surface area contributed by atoms with Gasteiger partial charge in [0.15, 0.2) is 0 Å².